The lowest BCUT2D eigenvalue weighted by molar-refractivity contribution is 0.347. The second-order valence-electron chi connectivity index (χ2n) is 1.29. The molecule has 0 aliphatic carbocycles. The van der Waals surface area contributed by atoms with Crippen LogP contribution in [0.3, 0.4) is 0 Å². The predicted octanol–water partition coefficient (Wildman–Crippen LogP) is 1.12. The van der Waals surface area contributed by atoms with Crippen molar-refractivity contribution < 1.29 is 9.63 Å². The molecule has 0 atom stereocenters. The minimum absolute atomic E-state index is 0.124. The number of aromatic nitrogens is 1. The average Bonchev–Trinajstić information content (AvgIpc) is 2.14. The Morgan fingerprint density at radius 2 is 2.62 bits per heavy atom. The maximum absolute atomic E-state index is 8.52. The van der Waals surface area contributed by atoms with Gasteiger partial charge in [-0.1, -0.05) is 0 Å². The molecule has 1 aromatic rings. The number of rotatable bonds is 1. The zero-order valence-corrected chi connectivity index (χ0v) is 4.72. The SMILES string of the molecule is Oc1cc(CCl)on1. The normalized spacial score (nSPS) is 9.62. The number of hydrogen-bond donors (Lipinski definition) is 1. The third-order valence-electron chi connectivity index (χ3n) is 0.678. The zero-order valence-electron chi connectivity index (χ0n) is 3.97. The number of alkyl halides is 1. The molecule has 0 saturated heterocycles. The molecule has 0 spiro atoms. The molecule has 0 saturated carbocycles. The van der Waals surface area contributed by atoms with E-state index in [0.717, 1.165) is 0 Å². The minimum Gasteiger partial charge on any atom is -0.491 e. The summed E-state index contributed by atoms with van der Waals surface area (Å²) in [5, 5.41) is 11.7. The lowest BCUT2D eigenvalue weighted by Crippen LogP contribution is -1.63. The van der Waals surface area contributed by atoms with Gasteiger partial charge < -0.3 is 9.63 Å². The molecule has 0 radical (unpaired) electrons. The van der Waals surface area contributed by atoms with Crippen LogP contribution in [0.1, 0.15) is 5.76 Å². The summed E-state index contributed by atoms with van der Waals surface area (Å²) in [5.41, 5.74) is 0. The molecule has 1 N–H and O–H groups in total. The highest BCUT2D eigenvalue weighted by Gasteiger charge is 1.97. The molecule has 0 bridgehead atoms. The fraction of sp³-hybridized carbons (Fsp3) is 0.250. The van der Waals surface area contributed by atoms with E-state index in [-0.39, 0.29) is 11.8 Å². The topological polar surface area (TPSA) is 46.3 Å². The van der Waals surface area contributed by atoms with Crippen molar-refractivity contribution in [1.29, 1.82) is 0 Å². The Bertz CT molecular complexity index is 174. The van der Waals surface area contributed by atoms with Crippen molar-refractivity contribution in [1.82, 2.24) is 5.16 Å². The van der Waals surface area contributed by atoms with Crippen LogP contribution in [0.2, 0.25) is 0 Å². The molecule has 0 aliphatic heterocycles. The molecule has 0 aliphatic rings. The van der Waals surface area contributed by atoms with Gasteiger partial charge in [0.1, 0.15) is 0 Å². The van der Waals surface area contributed by atoms with Gasteiger partial charge in [0.05, 0.1) is 5.88 Å². The lowest BCUT2D eigenvalue weighted by atomic mass is 10.5. The zero-order chi connectivity index (χ0) is 5.98. The highest BCUT2D eigenvalue weighted by molar-refractivity contribution is 6.16. The predicted molar refractivity (Wildman–Crippen MR) is 27.7 cm³/mol. The van der Waals surface area contributed by atoms with Crippen LogP contribution in [-0.2, 0) is 5.88 Å². The molecule has 1 rings (SSSR count). The number of hydrogen-bond acceptors (Lipinski definition) is 3. The van der Waals surface area contributed by atoms with Gasteiger partial charge >= 0.3 is 0 Å². The van der Waals surface area contributed by atoms with Gasteiger partial charge in [0.25, 0.3) is 5.88 Å². The van der Waals surface area contributed by atoms with Crippen LogP contribution < -0.4 is 0 Å². The molecule has 8 heavy (non-hydrogen) atoms. The smallest absolute Gasteiger partial charge is 0.251 e. The molecular weight excluding hydrogens is 130 g/mol. The van der Waals surface area contributed by atoms with E-state index < -0.39 is 0 Å². The van der Waals surface area contributed by atoms with Crippen LogP contribution in [-0.4, -0.2) is 10.3 Å². The summed E-state index contributed by atoms with van der Waals surface area (Å²) in [4.78, 5) is 0. The standard InChI is InChI=1S/C4H4ClNO2/c5-2-3-1-4(7)6-8-3/h1H,2H2,(H,6,7). The maximum atomic E-state index is 8.52. The first kappa shape index (κ1) is 5.44. The summed E-state index contributed by atoms with van der Waals surface area (Å²) in [5.74, 6) is 0.595. The van der Waals surface area contributed by atoms with Crippen molar-refractivity contribution >= 4 is 11.6 Å². The Kier molecular flexibility index (Phi) is 1.39. The van der Waals surface area contributed by atoms with Gasteiger partial charge in [0, 0.05) is 6.07 Å². The lowest BCUT2D eigenvalue weighted by Gasteiger charge is -1.74. The van der Waals surface area contributed by atoms with E-state index in [1.54, 1.807) is 0 Å². The first-order chi connectivity index (χ1) is 3.83. The molecule has 3 nitrogen and oxygen atoms in total. The van der Waals surface area contributed by atoms with Crippen molar-refractivity contribution in [2.45, 2.75) is 5.88 Å². The van der Waals surface area contributed by atoms with E-state index in [1.165, 1.54) is 6.07 Å². The van der Waals surface area contributed by atoms with Crippen LogP contribution >= 0.6 is 11.6 Å². The molecule has 1 heterocycles. The Hall–Kier alpha value is -0.700. The molecule has 4 heteroatoms. The van der Waals surface area contributed by atoms with Crippen molar-refractivity contribution in [3.05, 3.63) is 11.8 Å². The second-order valence-corrected chi connectivity index (χ2v) is 1.55. The van der Waals surface area contributed by atoms with E-state index in [1.807, 2.05) is 0 Å². The van der Waals surface area contributed by atoms with Crippen molar-refractivity contribution in [3.8, 4) is 5.88 Å². The Morgan fingerprint density at radius 1 is 1.88 bits per heavy atom. The number of nitrogens with zero attached hydrogens (tertiary/aromatic N) is 1. The first-order valence-corrected chi connectivity index (χ1v) is 2.57. The molecular formula is C4H4ClNO2. The van der Waals surface area contributed by atoms with E-state index in [0.29, 0.717) is 5.76 Å². The molecule has 1 aromatic heterocycles. The number of aromatic hydroxyl groups is 1. The summed E-state index contributed by atoms with van der Waals surface area (Å²) in [6, 6.07) is 1.37. The molecule has 0 unspecified atom stereocenters. The highest BCUT2D eigenvalue weighted by Crippen LogP contribution is 2.09. The summed E-state index contributed by atoms with van der Waals surface area (Å²) in [6.45, 7) is 0. The van der Waals surface area contributed by atoms with Gasteiger partial charge in [-0.3, -0.25) is 0 Å². The van der Waals surface area contributed by atoms with Gasteiger partial charge in [-0.05, 0) is 5.16 Å². The van der Waals surface area contributed by atoms with E-state index in [2.05, 4.69) is 9.68 Å². The highest BCUT2D eigenvalue weighted by atomic mass is 35.5. The molecule has 0 aromatic carbocycles. The largest absolute Gasteiger partial charge is 0.491 e. The van der Waals surface area contributed by atoms with Crippen molar-refractivity contribution in [2.24, 2.45) is 0 Å². The fourth-order valence-electron chi connectivity index (χ4n) is 0.365. The maximum Gasteiger partial charge on any atom is 0.251 e. The van der Waals surface area contributed by atoms with Gasteiger partial charge in [0.15, 0.2) is 5.76 Å². The molecule has 0 amide bonds. The Morgan fingerprint density at radius 3 is 2.88 bits per heavy atom. The van der Waals surface area contributed by atoms with Gasteiger partial charge in [-0.2, -0.15) is 0 Å². The van der Waals surface area contributed by atoms with Crippen LogP contribution in [0.25, 0.3) is 0 Å². The summed E-state index contributed by atoms with van der Waals surface area (Å²) in [7, 11) is 0. The van der Waals surface area contributed by atoms with Crippen LogP contribution in [0, 0.1) is 0 Å². The third-order valence-corrected chi connectivity index (χ3v) is 0.942. The van der Waals surface area contributed by atoms with Crippen LogP contribution in [0.15, 0.2) is 10.6 Å². The average molecular weight is 134 g/mol. The van der Waals surface area contributed by atoms with Crippen LogP contribution in [0.5, 0.6) is 5.88 Å². The molecule has 0 fully saturated rings. The third kappa shape index (κ3) is 0.924. The second kappa shape index (κ2) is 2.05. The van der Waals surface area contributed by atoms with Gasteiger partial charge in [-0.25, -0.2) is 0 Å². The summed E-state index contributed by atoms with van der Waals surface area (Å²) >= 11 is 5.30. The van der Waals surface area contributed by atoms with Gasteiger partial charge in [-0.15, -0.1) is 11.6 Å². The van der Waals surface area contributed by atoms with E-state index in [9.17, 15) is 0 Å². The Labute approximate surface area is 50.9 Å². The van der Waals surface area contributed by atoms with Crippen LogP contribution in [0.4, 0.5) is 0 Å². The summed E-state index contributed by atoms with van der Waals surface area (Å²) < 4.78 is 4.48. The molecule has 44 valence electrons. The van der Waals surface area contributed by atoms with Crippen molar-refractivity contribution in [3.63, 3.8) is 0 Å². The summed E-state index contributed by atoms with van der Waals surface area (Å²) in [6.07, 6.45) is 0. The minimum atomic E-state index is -0.124. The monoisotopic (exact) mass is 133 g/mol. The van der Waals surface area contributed by atoms with Gasteiger partial charge in [0.2, 0.25) is 0 Å². The van der Waals surface area contributed by atoms with E-state index in [4.69, 9.17) is 16.7 Å². The van der Waals surface area contributed by atoms with Crippen molar-refractivity contribution in [2.75, 3.05) is 0 Å². The fourth-order valence-corrected chi connectivity index (χ4v) is 0.491. The quantitative estimate of drug-likeness (QED) is 0.584. The Balaban J connectivity index is 2.84. The first-order valence-electron chi connectivity index (χ1n) is 2.03. The van der Waals surface area contributed by atoms with E-state index >= 15 is 0 Å². The number of halogens is 1.